The standard InChI is InChI=1S/C16H27N5O9S/c1-6(22)12(15(28)19-8(16(29)30)2-3-11(24)25)21-14(27)9(5-31)20-13(26)7(17)4-10(18)23/h6-9,12,22,31H,2-5,17H2,1H3,(H2,18,23)(H,19,28)(H,20,26)(H,21,27)(H,24,25)(H,29,30). The molecule has 0 aliphatic carbocycles. The fourth-order valence-electron chi connectivity index (χ4n) is 2.23. The highest BCUT2D eigenvalue weighted by molar-refractivity contribution is 7.80. The molecule has 0 aliphatic heterocycles. The Morgan fingerprint density at radius 1 is 0.935 bits per heavy atom. The molecule has 0 aliphatic rings. The van der Waals surface area contributed by atoms with Gasteiger partial charge in [-0.2, -0.15) is 12.6 Å². The van der Waals surface area contributed by atoms with Crippen molar-refractivity contribution in [3.05, 3.63) is 0 Å². The van der Waals surface area contributed by atoms with Crippen molar-refractivity contribution < 1.29 is 44.1 Å². The van der Waals surface area contributed by atoms with Crippen LogP contribution in [0.15, 0.2) is 0 Å². The number of nitrogens with one attached hydrogen (secondary N) is 3. The fraction of sp³-hybridized carbons (Fsp3) is 0.625. The normalized spacial score (nSPS) is 15.5. The van der Waals surface area contributed by atoms with Gasteiger partial charge in [-0.25, -0.2) is 4.79 Å². The van der Waals surface area contributed by atoms with Crippen molar-refractivity contribution in [2.24, 2.45) is 11.5 Å². The van der Waals surface area contributed by atoms with E-state index in [1.165, 1.54) is 0 Å². The van der Waals surface area contributed by atoms with Crippen LogP contribution in [0.3, 0.4) is 0 Å². The number of hydrogen-bond donors (Lipinski definition) is 9. The number of rotatable bonds is 14. The summed E-state index contributed by atoms with van der Waals surface area (Å²) in [4.78, 5) is 69.4. The topological polar surface area (TPSA) is 251 Å². The average molecular weight is 465 g/mol. The van der Waals surface area contributed by atoms with Crippen LogP contribution in [0.4, 0.5) is 0 Å². The van der Waals surface area contributed by atoms with Crippen LogP contribution in [0.1, 0.15) is 26.2 Å². The first-order valence-corrected chi connectivity index (χ1v) is 9.61. The molecule has 0 aromatic rings. The fourth-order valence-corrected chi connectivity index (χ4v) is 2.49. The average Bonchev–Trinajstić information content (AvgIpc) is 2.65. The summed E-state index contributed by atoms with van der Waals surface area (Å²) < 4.78 is 0. The summed E-state index contributed by atoms with van der Waals surface area (Å²) in [6, 6.07) is -5.84. The van der Waals surface area contributed by atoms with Gasteiger partial charge in [-0.15, -0.1) is 0 Å². The number of thiol groups is 1. The van der Waals surface area contributed by atoms with Crippen LogP contribution < -0.4 is 27.4 Å². The van der Waals surface area contributed by atoms with Crippen molar-refractivity contribution in [2.75, 3.05) is 5.75 Å². The lowest BCUT2D eigenvalue weighted by molar-refractivity contribution is -0.144. The predicted octanol–water partition coefficient (Wildman–Crippen LogP) is -4.10. The number of carbonyl (C=O) groups excluding carboxylic acids is 4. The lowest BCUT2D eigenvalue weighted by atomic mass is 10.1. The molecule has 4 amide bonds. The smallest absolute Gasteiger partial charge is 0.326 e. The molecule has 5 atom stereocenters. The van der Waals surface area contributed by atoms with Gasteiger partial charge >= 0.3 is 11.9 Å². The quantitative estimate of drug-likeness (QED) is 0.112. The van der Waals surface area contributed by atoms with Crippen molar-refractivity contribution >= 4 is 48.2 Å². The number of hydrogen-bond acceptors (Lipinski definition) is 9. The number of nitrogens with two attached hydrogens (primary N) is 2. The highest BCUT2D eigenvalue weighted by Crippen LogP contribution is 2.02. The molecule has 14 nitrogen and oxygen atoms in total. The summed E-state index contributed by atoms with van der Waals surface area (Å²) in [6.07, 6.45) is -2.92. The molecule has 0 heterocycles. The summed E-state index contributed by atoms with van der Waals surface area (Å²) >= 11 is 3.92. The van der Waals surface area contributed by atoms with E-state index in [0.29, 0.717) is 0 Å². The number of carboxylic acid groups (broad SMARTS) is 2. The second kappa shape index (κ2) is 13.4. The lowest BCUT2D eigenvalue weighted by Gasteiger charge is -2.25. The van der Waals surface area contributed by atoms with Crippen molar-refractivity contribution in [3.63, 3.8) is 0 Å². The highest BCUT2D eigenvalue weighted by Gasteiger charge is 2.32. The van der Waals surface area contributed by atoms with Crippen molar-refractivity contribution in [3.8, 4) is 0 Å². The molecule has 0 saturated carbocycles. The molecule has 0 aromatic carbocycles. The molecular formula is C16H27N5O9S. The van der Waals surface area contributed by atoms with Gasteiger partial charge in [0.05, 0.1) is 18.6 Å². The number of amides is 4. The van der Waals surface area contributed by atoms with E-state index in [-0.39, 0.29) is 5.75 Å². The van der Waals surface area contributed by atoms with Gasteiger partial charge in [0.2, 0.25) is 23.6 Å². The van der Waals surface area contributed by atoms with Crippen LogP contribution >= 0.6 is 12.6 Å². The molecule has 0 radical (unpaired) electrons. The number of carboxylic acids is 2. The summed E-state index contributed by atoms with van der Waals surface area (Å²) in [5.74, 6) is -6.78. The summed E-state index contributed by atoms with van der Waals surface area (Å²) in [5.41, 5.74) is 10.4. The second-order valence-corrected chi connectivity index (χ2v) is 6.94. The highest BCUT2D eigenvalue weighted by atomic mass is 32.1. The van der Waals surface area contributed by atoms with E-state index in [2.05, 4.69) is 23.3 Å². The van der Waals surface area contributed by atoms with Gasteiger partial charge in [0.25, 0.3) is 0 Å². The molecule has 0 rings (SSSR count). The molecule has 0 fully saturated rings. The van der Waals surface area contributed by atoms with E-state index in [0.717, 1.165) is 6.92 Å². The predicted molar refractivity (Wildman–Crippen MR) is 108 cm³/mol. The van der Waals surface area contributed by atoms with E-state index < -0.39 is 85.1 Å². The number of aliphatic carboxylic acids is 2. The van der Waals surface area contributed by atoms with Gasteiger partial charge in [0, 0.05) is 12.2 Å². The van der Waals surface area contributed by atoms with E-state index in [1.807, 2.05) is 5.32 Å². The third kappa shape index (κ3) is 10.6. The minimum atomic E-state index is -1.63. The van der Waals surface area contributed by atoms with Crippen molar-refractivity contribution in [1.82, 2.24) is 16.0 Å². The Balaban J connectivity index is 5.19. The minimum Gasteiger partial charge on any atom is -0.481 e. The molecule has 5 unspecified atom stereocenters. The third-order valence-corrected chi connectivity index (χ3v) is 4.26. The maximum atomic E-state index is 12.4. The Kier molecular flexibility index (Phi) is 12.1. The zero-order valence-corrected chi connectivity index (χ0v) is 17.5. The third-order valence-electron chi connectivity index (χ3n) is 3.90. The molecule has 0 spiro atoms. The zero-order valence-electron chi connectivity index (χ0n) is 16.6. The SMILES string of the molecule is CC(O)C(NC(=O)C(CS)NC(=O)C(N)CC(N)=O)C(=O)NC(CCC(=O)O)C(=O)O. The first-order valence-electron chi connectivity index (χ1n) is 8.98. The second-order valence-electron chi connectivity index (χ2n) is 6.58. The van der Waals surface area contributed by atoms with Crippen molar-refractivity contribution in [2.45, 2.75) is 56.5 Å². The van der Waals surface area contributed by atoms with Crippen LogP contribution in [0.25, 0.3) is 0 Å². The van der Waals surface area contributed by atoms with Gasteiger partial charge in [-0.3, -0.25) is 24.0 Å². The Labute approximate surface area is 182 Å². The van der Waals surface area contributed by atoms with Crippen molar-refractivity contribution in [1.29, 1.82) is 0 Å². The van der Waals surface area contributed by atoms with E-state index in [1.54, 1.807) is 0 Å². The minimum absolute atomic E-state index is 0.245. The molecule has 10 N–H and O–H groups in total. The zero-order chi connectivity index (χ0) is 24.3. The first-order chi connectivity index (χ1) is 14.3. The molecular weight excluding hydrogens is 438 g/mol. The molecule has 0 aromatic heterocycles. The van der Waals surface area contributed by atoms with E-state index in [4.69, 9.17) is 21.7 Å². The Hall–Kier alpha value is -2.91. The molecule has 31 heavy (non-hydrogen) atoms. The van der Waals surface area contributed by atoms with Crippen LogP contribution in [-0.4, -0.2) is 86.9 Å². The van der Waals surface area contributed by atoms with E-state index in [9.17, 15) is 33.9 Å². The van der Waals surface area contributed by atoms with Gasteiger partial charge in [0.1, 0.15) is 18.1 Å². The van der Waals surface area contributed by atoms with Crippen LogP contribution in [-0.2, 0) is 28.8 Å². The number of carbonyl (C=O) groups is 6. The van der Waals surface area contributed by atoms with Crippen LogP contribution in [0.5, 0.6) is 0 Å². The molecule has 0 bridgehead atoms. The maximum Gasteiger partial charge on any atom is 0.326 e. The Bertz CT molecular complexity index is 703. The molecule has 176 valence electrons. The number of primary amides is 1. The monoisotopic (exact) mass is 465 g/mol. The van der Waals surface area contributed by atoms with Crippen LogP contribution in [0.2, 0.25) is 0 Å². The van der Waals surface area contributed by atoms with Crippen LogP contribution in [0, 0.1) is 0 Å². The maximum absolute atomic E-state index is 12.4. The van der Waals surface area contributed by atoms with Gasteiger partial charge in [-0.1, -0.05) is 0 Å². The summed E-state index contributed by atoms with van der Waals surface area (Å²) in [7, 11) is 0. The Morgan fingerprint density at radius 2 is 1.48 bits per heavy atom. The summed E-state index contributed by atoms with van der Waals surface area (Å²) in [5, 5.41) is 34.0. The number of aliphatic hydroxyl groups excluding tert-OH is 1. The number of aliphatic hydroxyl groups is 1. The first kappa shape index (κ1) is 28.1. The van der Waals surface area contributed by atoms with Gasteiger partial charge < -0.3 is 42.7 Å². The lowest BCUT2D eigenvalue weighted by Crippen LogP contribution is -2.60. The van der Waals surface area contributed by atoms with Gasteiger partial charge in [0.15, 0.2) is 0 Å². The molecule has 15 heteroatoms. The van der Waals surface area contributed by atoms with Gasteiger partial charge in [-0.05, 0) is 13.3 Å². The summed E-state index contributed by atoms with van der Waals surface area (Å²) in [6.45, 7) is 1.15. The Morgan fingerprint density at radius 3 is 1.90 bits per heavy atom. The largest absolute Gasteiger partial charge is 0.481 e. The van der Waals surface area contributed by atoms with E-state index >= 15 is 0 Å². The molecule has 0 saturated heterocycles.